The van der Waals surface area contributed by atoms with E-state index in [2.05, 4.69) is 4.90 Å². The number of hydrogen-bond donors (Lipinski definition) is 0. The lowest BCUT2D eigenvalue weighted by molar-refractivity contribution is 0.0211. The van der Waals surface area contributed by atoms with Crippen LogP contribution < -0.4 is 0 Å². The van der Waals surface area contributed by atoms with Crippen molar-refractivity contribution in [1.29, 1.82) is 0 Å². The average molecular weight is 320 g/mol. The Kier molecular flexibility index (Phi) is 3.04. The predicted octanol–water partition coefficient (Wildman–Crippen LogP) is 2.92. The highest BCUT2D eigenvalue weighted by Gasteiger charge is 2.43. The molecule has 5 rings (SSSR count). The van der Waals surface area contributed by atoms with Gasteiger partial charge in [0.05, 0.1) is 0 Å². The summed E-state index contributed by atoms with van der Waals surface area (Å²) in [5.41, 5.74) is 1.36. The van der Waals surface area contributed by atoms with E-state index in [1.165, 1.54) is 6.42 Å². The minimum Gasteiger partial charge on any atom is -0.303 e. The zero-order chi connectivity index (χ0) is 16.3. The summed E-state index contributed by atoms with van der Waals surface area (Å²) < 4.78 is 0. The Balaban J connectivity index is 1.62. The summed E-state index contributed by atoms with van der Waals surface area (Å²) in [7, 11) is 0. The summed E-state index contributed by atoms with van der Waals surface area (Å²) >= 11 is 0. The first kappa shape index (κ1) is 14.2. The molecule has 4 heteroatoms. The van der Waals surface area contributed by atoms with Crippen LogP contribution in [-0.2, 0) is 0 Å². The number of amides is 2. The Labute approximate surface area is 141 Å². The standard InChI is InChI=1S/C20H20N2O2/c23-19-15-7-1-4-13-5-2-8-16(18(13)15)20(24)22(19)17-9-11-21-10-3-6-14(17)12-21/h1-2,4-5,7-8,14,17H,3,6,9-12H2. The van der Waals surface area contributed by atoms with E-state index in [1.54, 1.807) is 4.90 Å². The minimum atomic E-state index is -0.103. The van der Waals surface area contributed by atoms with E-state index >= 15 is 0 Å². The summed E-state index contributed by atoms with van der Waals surface area (Å²) in [5, 5.41) is 1.80. The number of benzene rings is 2. The maximum absolute atomic E-state index is 13.2. The van der Waals surface area contributed by atoms with Crippen molar-refractivity contribution < 1.29 is 9.59 Å². The highest BCUT2D eigenvalue weighted by Crippen LogP contribution is 2.36. The molecule has 0 spiro atoms. The third kappa shape index (κ3) is 1.89. The van der Waals surface area contributed by atoms with E-state index in [9.17, 15) is 9.59 Å². The van der Waals surface area contributed by atoms with Crippen molar-refractivity contribution in [2.24, 2.45) is 5.92 Å². The van der Waals surface area contributed by atoms with Crippen molar-refractivity contribution in [3.8, 4) is 0 Å². The van der Waals surface area contributed by atoms with Crippen molar-refractivity contribution in [2.75, 3.05) is 19.6 Å². The molecule has 3 unspecified atom stereocenters. The molecule has 2 bridgehead atoms. The fourth-order valence-corrected chi connectivity index (χ4v) is 4.85. The zero-order valence-corrected chi connectivity index (χ0v) is 13.6. The summed E-state index contributed by atoms with van der Waals surface area (Å²) in [5.74, 6) is 0.214. The van der Waals surface area contributed by atoms with Crippen LogP contribution in [0.15, 0.2) is 36.4 Å². The second kappa shape index (κ2) is 5.15. The first-order chi connectivity index (χ1) is 11.7. The third-order valence-corrected chi connectivity index (χ3v) is 5.96. The van der Waals surface area contributed by atoms with Gasteiger partial charge in [-0.25, -0.2) is 0 Å². The normalized spacial score (nSPS) is 29.2. The maximum atomic E-state index is 13.2. The van der Waals surface area contributed by atoms with Crippen LogP contribution in [-0.4, -0.2) is 47.3 Å². The lowest BCUT2D eigenvalue weighted by atomic mass is 9.82. The van der Waals surface area contributed by atoms with Gasteiger partial charge in [-0.15, -0.1) is 0 Å². The van der Waals surface area contributed by atoms with Crippen LogP contribution in [0, 0.1) is 5.92 Å². The quantitative estimate of drug-likeness (QED) is 0.759. The fourth-order valence-electron chi connectivity index (χ4n) is 4.85. The Morgan fingerprint density at radius 3 is 2.29 bits per heavy atom. The molecule has 4 nitrogen and oxygen atoms in total. The molecule has 2 aromatic rings. The van der Waals surface area contributed by atoms with Crippen molar-refractivity contribution >= 4 is 22.6 Å². The van der Waals surface area contributed by atoms with Gasteiger partial charge in [-0.3, -0.25) is 14.5 Å². The van der Waals surface area contributed by atoms with Gasteiger partial charge >= 0.3 is 0 Å². The molecule has 2 fully saturated rings. The van der Waals surface area contributed by atoms with Gasteiger partial charge in [0.2, 0.25) is 0 Å². The number of piperidine rings is 2. The summed E-state index contributed by atoms with van der Waals surface area (Å²) in [6, 6.07) is 11.5. The minimum absolute atomic E-state index is 0.0464. The molecule has 0 N–H and O–H groups in total. The number of fused-ring (bicyclic) bond motifs is 2. The van der Waals surface area contributed by atoms with Crippen LogP contribution in [0.2, 0.25) is 0 Å². The number of rotatable bonds is 1. The van der Waals surface area contributed by atoms with Crippen LogP contribution in [0.3, 0.4) is 0 Å². The van der Waals surface area contributed by atoms with E-state index in [4.69, 9.17) is 0 Å². The molecule has 24 heavy (non-hydrogen) atoms. The van der Waals surface area contributed by atoms with Crippen molar-refractivity contribution in [3.63, 3.8) is 0 Å². The first-order valence-corrected chi connectivity index (χ1v) is 8.86. The lowest BCUT2D eigenvalue weighted by Gasteiger charge is -2.46. The van der Waals surface area contributed by atoms with Gasteiger partial charge in [-0.1, -0.05) is 24.3 Å². The molecule has 3 aliphatic rings. The molecule has 3 atom stereocenters. The van der Waals surface area contributed by atoms with E-state index in [1.807, 2.05) is 36.4 Å². The molecule has 2 amide bonds. The number of carbonyl (C=O) groups is 2. The number of hydrogen-bond acceptors (Lipinski definition) is 3. The molecule has 0 radical (unpaired) electrons. The number of imide groups is 1. The maximum Gasteiger partial charge on any atom is 0.261 e. The van der Waals surface area contributed by atoms with Gasteiger partial charge in [-0.05, 0) is 49.2 Å². The topological polar surface area (TPSA) is 40.6 Å². The van der Waals surface area contributed by atoms with Crippen LogP contribution in [0.1, 0.15) is 40.0 Å². The van der Waals surface area contributed by atoms with Crippen LogP contribution in [0.5, 0.6) is 0 Å². The summed E-state index contributed by atoms with van der Waals surface area (Å²) in [4.78, 5) is 30.4. The molecule has 3 aliphatic heterocycles. The summed E-state index contributed by atoms with van der Waals surface area (Å²) in [6.45, 7) is 3.17. The van der Waals surface area contributed by atoms with Gasteiger partial charge in [0.25, 0.3) is 11.8 Å². The fraction of sp³-hybridized carbons (Fsp3) is 0.400. The lowest BCUT2D eigenvalue weighted by Crippen LogP contribution is -2.57. The van der Waals surface area contributed by atoms with Crippen LogP contribution in [0.4, 0.5) is 0 Å². The van der Waals surface area contributed by atoms with E-state index in [0.29, 0.717) is 17.0 Å². The first-order valence-electron chi connectivity index (χ1n) is 8.86. The average Bonchev–Trinajstić information content (AvgIpc) is 2.62. The molecule has 2 saturated heterocycles. The molecule has 122 valence electrons. The molecule has 3 heterocycles. The van der Waals surface area contributed by atoms with Crippen molar-refractivity contribution in [2.45, 2.75) is 25.3 Å². The third-order valence-electron chi connectivity index (χ3n) is 5.96. The Hall–Kier alpha value is -2.20. The highest BCUT2D eigenvalue weighted by atomic mass is 16.2. The van der Waals surface area contributed by atoms with Gasteiger partial charge in [0.15, 0.2) is 0 Å². The van der Waals surface area contributed by atoms with E-state index < -0.39 is 0 Å². The van der Waals surface area contributed by atoms with Gasteiger partial charge in [0, 0.05) is 35.6 Å². The second-order valence-electron chi connectivity index (χ2n) is 7.25. The molecule has 0 aromatic heterocycles. The van der Waals surface area contributed by atoms with Crippen molar-refractivity contribution in [1.82, 2.24) is 9.80 Å². The van der Waals surface area contributed by atoms with E-state index in [-0.39, 0.29) is 17.9 Å². The monoisotopic (exact) mass is 320 g/mol. The van der Waals surface area contributed by atoms with Crippen LogP contribution in [0.25, 0.3) is 10.8 Å². The molecule has 0 aliphatic carbocycles. The Morgan fingerprint density at radius 1 is 0.875 bits per heavy atom. The van der Waals surface area contributed by atoms with Gasteiger partial charge < -0.3 is 4.90 Å². The predicted molar refractivity (Wildman–Crippen MR) is 92.0 cm³/mol. The van der Waals surface area contributed by atoms with Gasteiger partial charge in [0.1, 0.15) is 0 Å². The van der Waals surface area contributed by atoms with Gasteiger partial charge in [-0.2, -0.15) is 0 Å². The second-order valence-corrected chi connectivity index (χ2v) is 7.25. The number of nitrogens with zero attached hydrogens (tertiary/aromatic N) is 2. The Morgan fingerprint density at radius 2 is 1.58 bits per heavy atom. The zero-order valence-electron chi connectivity index (χ0n) is 13.6. The smallest absolute Gasteiger partial charge is 0.261 e. The Bertz CT molecular complexity index is 809. The van der Waals surface area contributed by atoms with E-state index in [0.717, 1.165) is 43.2 Å². The number of carbonyl (C=O) groups excluding carboxylic acids is 2. The summed E-state index contributed by atoms with van der Waals surface area (Å²) in [6.07, 6.45) is 3.19. The molecule has 0 saturated carbocycles. The molecular weight excluding hydrogens is 300 g/mol. The largest absolute Gasteiger partial charge is 0.303 e. The SMILES string of the molecule is O=C1c2cccc3cccc(c23)C(=O)N1C1CCN2CCCC1C2. The molecule has 2 aromatic carbocycles. The molecular formula is C20H20N2O2. The van der Waals surface area contributed by atoms with Crippen LogP contribution >= 0.6 is 0 Å². The highest BCUT2D eigenvalue weighted by molar-refractivity contribution is 6.25. The van der Waals surface area contributed by atoms with Crippen molar-refractivity contribution in [3.05, 3.63) is 47.5 Å².